The molecule has 0 radical (unpaired) electrons. The van der Waals surface area contributed by atoms with Crippen molar-refractivity contribution in [2.75, 3.05) is 5.32 Å². The Balaban J connectivity index is 1.78. The Kier molecular flexibility index (Phi) is 5.49. The van der Waals surface area contributed by atoms with E-state index in [9.17, 15) is 9.59 Å². The van der Waals surface area contributed by atoms with E-state index >= 15 is 0 Å². The van der Waals surface area contributed by atoms with Gasteiger partial charge in [0.2, 0.25) is 0 Å². The molecule has 0 saturated heterocycles. The van der Waals surface area contributed by atoms with Crippen molar-refractivity contribution in [1.82, 2.24) is 5.43 Å². The van der Waals surface area contributed by atoms with Crippen LogP contribution in [0.4, 0.5) is 5.69 Å². The van der Waals surface area contributed by atoms with Crippen LogP contribution in [0.2, 0.25) is 0 Å². The quantitative estimate of drug-likeness (QED) is 0.509. The number of aryl methyl sites for hydroxylation is 1. The number of hydrogen-bond acceptors (Lipinski definition) is 3. The van der Waals surface area contributed by atoms with Gasteiger partial charge in [0, 0.05) is 11.9 Å². The molecule has 1 fully saturated rings. The maximum absolute atomic E-state index is 11.7. The average Bonchev–Trinajstić information content (AvgIpc) is 2.50. The fraction of sp³-hybridized carbons (Fsp3) is 0.438. The van der Waals surface area contributed by atoms with Crippen molar-refractivity contribution in [2.24, 2.45) is 11.0 Å². The molecule has 5 nitrogen and oxygen atoms in total. The number of rotatable bonds is 3. The first-order valence-electron chi connectivity index (χ1n) is 7.36. The van der Waals surface area contributed by atoms with E-state index in [4.69, 9.17) is 0 Å². The lowest BCUT2D eigenvalue weighted by molar-refractivity contribution is -0.136. The molecule has 2 amide bonds. The Hall–Kier alpha value is -2.17. The maximum Gasteiger partial charge on any atom is 0.329 e. The predicted octanol–water partition coefficient (Wildman–Crippen LogP) is 2.62. The fourth-order valence-electron chi connectivity index (χ4n) is 2.36. The van der Waals surface area contributed by atoms with Gasteiger partial charge in [-0.2, -0.15) is 5.10 Å². The Morgan fingerprint density at radius 1 is 1.10 bits per heavy atom. The van der Waals surface area contributed by atoms with Crippen LogP contribution < -0.4 is 10.7 Å². The number of amides is 2. The molecule has 2 N–H and O–H groups in total. The van der Waals surface area contributed by atoms with Gasteiger partial charge >= 0.3 is 11.8 Å². The topological polar surface area (TPSA) is 70.6 Å². The Morgan fingerprint density at radius 2 is 1.76 bits per heavy atom. The third-order valence-electron chi connectivity index (χ3n) is 3.62. The summed E-state index contributed by atoms with van der Waals surface area (Å²) < 4.78 is 0. The smallest absolute Gasteiger partial charge is 0.318 e. The van der Waals surface area contributed by atoms with Crippen LogP contribution in [0.1, 0.15) is 37.7 Å². The molecule has 1 saturated carbocycles. The molecule has 112 valence electrons. The van der Waals surface area contributed by atoms with Crippen molar-refractivity contribution in [3.8, 4) is 0 Å². The van der Waals surface area contributed by atoms with E-state index in [1.54, 1.807) is 18.3 Å². The van der Waals surface area contributed by atoms with Crippen molar-refractivity contribution in [2.45, 2.75) is 39.0 Å². The largest absolute Gasteiger partial charge is 0.329 e. The molecule has 0 aromatic heterocycles. The molecular weight excluding hydrogens is 266 g/mol. The van der Waals surface area contributed by atoms with Gasteiger partial charge in [0.25, 0.3) is 0 Å². The molecule has 1 aliphatic carbocycles. The molecule has 0 atom stereocenters. The first-order valence-corrected chi connectivity index (χ1v) is 7.36. The number of carbonyl (C=O) groups excluding carboxylic acids is 2. The van der Waals surface area contributed by atoms with E-state index < -0.39 is 11.8 Å². The van der Waals surface area contributed by atoms with Crippen molar-refractivity contribution >= 4 is 23.7 Å². The van der Waals surface area contributed by atoms with Gasteiger partial charge in [-0.25, -0.2) is 5.43 Å². The molecule has 1 aromatic rings. The second-order valence-corrected chi connectivity index (χ2v) is 5.44. The van der Waals surface area contributed by atoms with Crippen LogP contribution in [-0.4, -0.2) is 18.0 Å². The summed E-state index contributed by atoms with van der Waals surface area (Å²) in [6.45, 7) is 1.96. The minimum absolute atomic E-state index is 0.416. The SMILES string of the molecule is Cc1ccc(NC(=O)C(=O)N/N=C/C2CCCCC2)cc1. The molecule has 21 heavy (non-hydrogen) atoms. The summed E-state index contributed by atoms with van der Waals surface area (Å²) in [5, 5.41) is 6.42. The maximum atomic E-state index is 11.7. The molecule has 2 rings (SSSR count). The molecular formula is C16H21N3O2. The van der Waals surface area contributed by atoms with Crippen LogP contribution in [0.3, 0.4) is 0 Å². The predicted molar refractivity (Wildman–Crippen MR) is 83.0 cm³/mol. The minimum atomic E-state index is -0.748. The zero-order valence-corrected chi connectivity index (χ0v) is 12.3. The van der Waals surface area contributed by atoms with Gasteiger partial charge < -0.3 is 5.32 Å². The third kappa shape index (κ3) is 5.02. The highest BCUT2D eigenvalue weighted by atomic mass is 16.2. The van der Waals surface area contributed by atoms with Gasteiger partial charge in [0.05, 0.1) is 0 Å². The normalized spacial score (nSPS) is 15.9. The van der Waals surface area contributed by atoms with Gasteiger partial charge in [-0.15, -0.1) is 0 Å². The van der Waals surface area contributed by atoms with Crippen molar-refractivity contribution in [1.29, 1.82) is 0 Å². The highest BCUT2D eigenvalue weighted by molar-refractivity contribution is 6.39. The van der Waals surface area contributed by atoms with E-state index in [2.05, 4.69) is 15.8 Å². The van der Waals surface area contributed by atoms with Crippen LogP contribution >= 0.6 is 0 Å². The molecule has 0 unspecified atom stereocenters. The summed E-state index contributed by atoms with van der Waals surface area (Å²) >= 11 is 0. The van der Waals surface area contributed by atoms with E-state index in [0.717, 1.165) is 18.4 Å². The lowest BCUT2D eigenvalue weighted by Gasteiger charge is -2.16. The fourth-order valence-corrected chi connectivity index (χ4v) is 2.36. The molecule has 0 spiro atoms. The van der Waals surface area contributed by atoms with E-state index in [-0.39, 0.29) is 0 Å². The summed E-state index contributed by atoms with van der Waals surface area (Å²) in [5.41, 5.74) is 3.97. The number of carbonyl (C=O) groups is 2. The van der Waals surface area contributed by atoms with Crippen molar-refractivity contribution < 1.29 is 9.59 Å². The van der Waals surface area contributed by atoms with Crippen LogP contribution in [0.25, 0.3) is 0 Å². The van der Waals surface area contributed by atoms with Gasteiger partial charge in [0.15, 0.2) is 0 Å². The Labute approximate surface area is 124 Å². The summed E-state index contributed by atoms with van der Waals surface area (Å²) in [6, 6.07) is 7.25. The number of nitrogens with zero attached hydrogens (tertiary/aromatic N) is 1. The van der Waals surface area contributed by atoms with E-state index in [1.807, 2.05) is 19.1 Å². The highest BCUT2D eigenvalue weighted by Crippen LogP contribution is 2.21. The second kappa shape index (κ2) is 7.57. The first-order chi connectivity index (χ1) is 10.1. The molecule has 0 aliphatic heterocycles. The van der Waals surface area contributed by atoms with E-state index in [0.29, 0.717) is 11.6 Å². The highest BCUT2D eigenvalue weighted by Gasteiger charge is 2.14. The van der Waals surface area contributed by atoms with Crippen LogP contribution in [0.5, 0.6) is 0 Å². The van der Waals surface area contributed by atoms with Crippen molar-refractivity contribution in [3.05, 3.63) is 29.8 Å². The lowest BCUT2D eigenvalue weighted by atomic mass is 9.90. The molecule has 1 aliphatic rings. The summed E-state index contributed by atoms with van der Waals surface area (Å²) in [6.07, 6.45) is 7.65. The van der Waals surface area contributed by atoms with Crippen LogP contribution in [0, 0.1) is 12.8 Å². The number of hydrazone groups is 1. The minimum Gasteiger partial charge on any atom is -0.318 e. The monoisotopic (exact) mass is 287 g/mol. The molecule has 1 aromatic carbocycles. The Bertz CT molecular complexity index is 517. The number of nitrogens with one attached hydrogen (secondary N) is 2. The summed E-state index contributed by atoms with van der Waals surface area (Å²) in [4.78, 5) is 23.3. The van der Waals surface area contributed by atoms with Gasteiger partial charge in [-0.3, -0.25) is 9.59 Å². The second-order valence-electron chi connectivity index (χ2n) is 5.44. The lowest BCUT2D eigenvalue weighted by Crippen LogP contribution is -2.32. The molecule has 0 bridgehead atoms. The molecule has 0 heterocycles. The Morgan fingerprint density at radius 3 is 2.43 bits per heavy atom. The number of hydrogen-bond donors (Lipinski definition) is 2. The van der Waals surface area contributed by atoms with Crippen molar-refractivity contribution in [3.63, 3.8) is 0 Å². The standard InChI is InChI=1S/C16H21N3O2/c1-12-7-9-14(10-8-12)18-15(20)16(21)19-17-11-13-5-3-2-4-6-13/h7-11,13H,2-6H2,1H3,(H,18,20)(H,19,21)/b17-11+. The number of benzene rings is 1. The van der Waals surface area contributed by atoms with Crippen LogP contribution in [0.15, 0.2) is 29.4 Å². The average molecular weight is 287 g/mol. The van der Waals surface area contributed by atoms with E-state index in [1.165, 1.54) is 19.3 Å². The molecule has 5 heteroatoms. The van der Waals surface area contributed by atoms with Gasteiger partial charge in [-0.1, -0.05) is 37.0 Å². The number of anilines is 1. The zero-order chi connectivity index (χ0) is 15.1. The third-order valence-corrected chi connectivity index (χ3v) is 3.62. The first kappa shape index (κ1) is 15.2. The summed E-state index contributed by atoms with van der Waals surface area (Å²) in [7, 11) is 0. The van der Waals surface area contributed by atoms with Gasteiger partial charge in [0.1, 0.15) is 0 Å². The zero-order valence-electron chi connectivity index (χ0n) is 12.3. The van der Waals surface area contributed by atoms with Crippen LogP contribution in [-0.2, 0) is 9.59 Å². The summed E-state index contributed by atoms with van der Waals surface area (Å²) in [5.74, 6) is -1.04. The van der Waals surface area contributed by atoms with Gasteiger partial charge in [-0.05, 0) is 37.8 Å².